The molecular formula is C41H67N9O10. The van der Waals surface area contributed by atoms with Crippen LogP contribution < -0.4 is 26.6 Å². The van der Waals surface area contributed by atoms with Crippen molar-refractivity contribution in [3.63, 3.8) is 0 Å². The molecule has 0 aliphatic heterocycles. The minimum absolute atomic E-state index is 0.0785. The largest absolute Gasteiger partial charge is 0.480 e. The van der Waals surface area contributed by atoms with E-state index < -0.39 is 108 Å². The van der Waals surface area contributed by atoms with E-state index >= 15 is 0 Å². The van der Waals surface area contributed by atoms with E-state index in [0.717, 1.165) is 10.5 Å². The molecule has 0 saturated carbocycles. The minimum Gasteiger partial charge on any atom is -0.480 e. The lowest BCUT2D eigenvalue weighted by Crippen LogP contribution is -2.59. The smallest absolute Gasteiger partial charge is 0.326 e. The van der Waals surface area contributed by atoms with Gasteiger partial charge in [0.2, 0.25) is 47.3 Å². The number of carbonyl (C=O) groups is 9. The first-order chi connectivity index (χ1) is 27.9. The van der Waals surface area contributed by atoms with E-state index in [1.54, 1.807) is 52.1 Å². The minimum atomic E-state index is -1.22. The molecule has 0 aliphatic rings. The maximum Gasteiger partial charge on any atom is 0.326 e. The van der Waals surface area contributed by atoms with Gasteiger partial charge in [0.25, 0.3) is 0 Å². The summed E-state index contributed by atoms with van der Waals surface area (Å²) in [7, 11) is 7.26. The summed E-state index contributed by atoms with van der Waals surface area (Å²) in [5.41, 5.74) is 0.752. The van der Waals surface area contributed by atoms with E-state index in [-0.39, 0.29) is 25.3 Å². The zero-order valence-electron chi connectivity index (χ0n) is 37.3. The Morgan fingerprint density at radius 2 is 1.12 bits per heavy atom. The second-order valence-electron chi connectivity index (χ2n) is 15.9. The van der Waals surface area contributed by atoms with Crippen molar-refractivity contribution in [2.24, 2.45) is 11.8 Å². The molecule has 19 heteroatoms. The molecule has 0 saturated heterocycles. The van der Waals surface area contributed by atoms with E-state index in [1.807, 2.05) is 19.9 Å². The van der Waals surface area contributed by atoms with Crippen molar-refractivity contribution in [1.29, 1.82) is 0 Å². The second-order valence-corrected chi connectivity index (χ2v) is 15.9. The number of benzene rings is 1. The Hall–Kier alpha value is -5.59. The van der Waals surface area contributed by atoms with Crippen LogP contribution in [0.15, 0.2) is 30.3 Å². The molecule has 1 aromatic carbocycles. The number of hydrogen-bond donors (Lipinski definition) is 6. The van der Waals surface area contributed by atoms with Crippen molar-refractivity contribution in [2.45, 2.75) is 111 Å². The summed E-state index contributed by atoms with van der Waals surface area (Å²) in [5.74, 6) is -6.46. The van der Waals surface area contributed by atoms with Gasteiger partial charge in [-0.3, -0.25) is 38.4 Å². The molecule has 0 fully saturated rings. The maximum absolute atomic E-state index is 14.0. The highest BCUT2D eigenvalue weighted by Crippen LogP contribution is 2.17. The van der Waals surface area contributed by atoms with Crippen LogP contribution in [0.5, 0.6) is 0 Å². The molecule has 1 aromatic rings. The van der Waals surface area contributed by atoms with Gasteiger partial charge in [0.1, 0.15) is 36.3 Å². The molecule has 6 N–H and O–H groups in total. The summed E-state index contributed by atoms with van der Waals surface area (Å²) in [4.78, 5) is 122. The Balaban J connectivity index is 3.11. The molecule has 19 nitrogen and oxygen atoms in total. The number of carboxylic acid groups (broad SMARTS) is 1. The van der Waals surface area contributed by atoms with Crippen LogP contribution >= 0.6 is 0 Å². The van der Waals surface area contributed by atoms with E-state index in [1.165, 1.54) is 63.7 Å². The van der Waals surface area contributed by atoms with Gasteiger partial charge in [-0.1, -0.05) is 58.0 Å². The molecule has 8 amide bonds. The molecule has 0 bridgehead atoms. The molecule has 0 aliphatic carbocycles. The average Bonchev–Trinajstić information content (AvgIpc) is 3.21. The number of carbonyl (C=O) groups excluding carboxylic acids is 8. The van der Waals surface area contributed by atoms with Crippen LogP contribution in [0.3, 0.4) is 0 Å². The van der Waals surface area contributed by atoms with Crippen molar-refractivity contribution < 1.29 is 48.3 Å². The lowest BCUT2D eigenvalue weighted by molar-refractivity contribution is -0.149. The highest BCUT2D eigenvalue weighted by atomic mass is 16.4. The van der Waals surface area contributed by atoms with Gasteiger partial charge in [0.15, 0.2) is 0 Å². The fourth-order valence-electron chi connectivity index (χ4n) is 5.96. The van der Waals surface area contributed by atoms with Gasteiger partial charge in [-0.15, -0.1) is 0 Å². The van der Waals surface area contributed by atoms with Gasteiger partial charge in [-0.05, 0) is 58.6 Å². The summed E-state index contributed by atoms with van der Waals surface area (Å²) in [6, 6.07) is 1.83. The maximum atomic E-state index is 14.0. The molecule has 1 rings (SSSR count). The molecule has 0 spiro atoms. The SMILES string of the molecule is CN[C@@H](C)C(=O)NCC(=O)N(C)[C@@H](Cc1ccccc1)C(=O)N(C)[C@@H](C)C(=O)N[C@@H](C)C(=O)N(C)[C@@H](CC(C)C)C(=O)N(C)[C@@H](C)C(=O)NCC(=O)N[C@H](C(=O)O)C(C)C. The normalized spacial score (nSPS) is 14.6. The number of nitrogens with zero attached hydrogens (tertiary/aromatic N) is 4. The van der Waals surface area contributed by atoms with Crippen molar-refractivity contribution in [1.82, 2.24) is 46.2 Å². The van der Waals surface area contributed by atoms with Crippen molar-refractivity contribution in [3.8, 4) is 0 Å². The summed E-state index contributed by atoms with van der Waals surface area (Å²) in [6.45, 7) is 12.1. The number of nitrogens with one attached hydrogen (secondary N) is 5. The zero-order valence-corrected chi connectivity index (χ0v) is 37.3. The quantitative estimate of drug-likeness (QED) is 0.0796. The zero-order chi connectivity index (χ0) is 46.2. The third-order valence-corrected chi connectivity index (χ3v) is 10.5. The summed E-state index contributed by atoms with van der Waals surface area (Å²) in [5, 5.41) is 22.1. The van der Waals surface area contributed by atoms with E-state index in [0.29, 0.717) is 0 Å². The Kier molecular flexibility index (Phi) is 21.4. The number of hydrogen-bond acceptors (Lipinski definition) is 10. The second kappa shape index (κ2) is 24.5. The number of amides is 8. The van der Waals surface area contributed by atoms with Gasteiger partial charge < -0.3 is 51.3 Å². The number of aliphatic carboxylic acids is 1. The van der Waals surface area contributed by atoms with Gasteiger partial charge in [0, 0.05) is 34.6 Å². The van der Waals surface area contributed by atoms with Crippen LogP contribution in [0.4, 0.5) is 0 Å². The molecule has 0 radical (unpaired) electrons. The van der Waals surface area contributed by atoms with E-state index in [2.05, 4.69) is 26.6 Å². The molecule has 0 heterocycles. The molecule has 60 heavy (non-hydrogen) atoms. The summed E-state index contributed by atoms with van der Waals surface area (Å²) < 4.78 is 0. The van der Waals surface area contributed by atoms with Crippen LogP contribution in [0.2, 0.25) is 0 Å². The first-order valence-electron chi connectivity index (χ1n) is 20.0. The van der Waals surface area contributed by atoms with Crippen LogP contribution in [-0.2, 0) is 49.6 Å². The van der Waals surface area contributed by atoms with Crippen LogP contribution in [0.1, 0.15) is 67.4 Å². The highest BCUT2D eigenvalue weighted by Gasteiger charge is 2.37. The fourth-order valence-corrected chi connectivity index (χ4v) is 5.96. The molecular weight excluding hydrogens is 779 g/mol. The average molecular weight is 846 g/mol. The molecule has 0 unspecified atom stereocenters. The van der Waals surface area contributed by atoms with Gasteiger partial charge >= 0.3 is 5.97 Å². The Morgan fingerprint density at radius 1 is 0.600 bits per heavy atom. The predicted octanol–water partition coefficient (Wildman–Crippen LogP) is -0.807. The van der Waals surface area contributed by atoms with Gasteiger partial charge in [0.05, 0.1) is 19.1 Å². The number of rotatable bonds is 23. The monoisotopic (exact) mass is 846 g/mol. The van der Waals surface area contributed by atoms with Crippen LogP contribution in [0, 0.1) is 11.8 Å². The highest BCUT2D eigenvalue weighted by molar-refractivity contribution is 5.97. The number of carboxylic acids is 1. The lowest BCUT2D eigenvalue weighted by atomic mass is 10.00. The van der Waals surface area contributed by atoms with Crippen molar-refractivity contribution in [3.05, 3.63) is 35.9 Å². The first-order valence-corrected chi connectivity index (χ1v) is 20.0. The molecule has 336 valence electrons. The molecule has 0 aromatic heterocycles. The topological polar surface area (TPSA) is 247 Å². The fraction of sp³-hybridized carbons (Fsp3) is 0.634. The Morgan fingerprint density at radius 3 is 1.62 bits per heavy atom. The van der Waals surface area contributed by atoms with Gasteiger partial charge in [-0.25, -0.2) is 4.79 Å². The van der Waals surface area contributed by atoms with Crippen LogP contribution in [-0.4, -0.2) is 169 Å². The summed E-state index contributed by atoms with van der Waals surface area (Å²) in [6.07, 6.45) is 0.317. The number of likely N-dealkylation sites (N-methyl/N-ethyl adjacent to an activating group) is 5. The van der Waals surface area contributed by atoms with Crippen LogP contribution in [0.25, 0.3) is 0 Å². The third-order valence-electron chi connectivity index (χ3n) is 10.5. The first kappa shape index (κ1) is 52.4. The standard InChI is InChI=1S/C41H67N9O10/c1-23(2)19-30(39(57)47(10)27(7)36(54)43-21-32(51)46-34(24(3)4)41(59)60)50(13)38(56)26(6)45-37(55)28(8)48(11)40(58)31(20-29-17-15-14-16-18-29)49(12)33(52)22-44-35(53)25(5)42-9/h14-18,23-28,30-31,34,42H,19-22H2,1-13H3,(H,43,54)(H,44,53)(H,45,55)(H,46,51)(H,59,60)/t25-,26-,27-,28-,30-,31-,34-/m0/s1. The molecule has 7 atom stereocenters. The van der Waals surface area contributed by atoms with E-state index in [9.17, 15) is 48.3 Å². The Bertz CT molecular complexity index is 1670. The Labute approximate surface area is 353 Å². The predicted molar refractivity (Wildman–Crippen MR) is 224 cm³/mol. The third kappa shape index (κ3) is 15.5. The lowest BCUT2D eigenvalue weighted by Gasteiger charge is -2.36. The van der Waals surface area contributed by atoms with Crippen molar-refractivity contribution in [2.75, 3.05) is 48.3 Å². The van der Waals surface area contributed by atoms with Gasteiger partial charge in [-0.2, -0.15) is 0 Å². The summed E-state index contributed by atoms with van der Waals surface area (Å²) >= 11 is 0. The van der Waals surface area contributed by atoms with Crippen molar-refractivity contribution >= 4 is 53.2 Å². The van der Waals surface area contributed by atoms with E-state index in [4.69, 9.17) is 0 Å².